The van der Waals surface area contributed by atoms with Crippen LogP contribution in [0.4, 0.5) is 0 Å². The fraction of sp³-hybridized carbons (Fsp3) is 0.250. The summed E-state index contributed by atoms with van der Waals surface area (Å²) < 4.78 is 0. The number of nitrogens with zero attached hydrogens (tertiary/aromatic N) is 2. The Hall–Kier alpha value is -1.40. The second kappa shape index (κ2) is 3.13. The molecule has 0 spiro atoms. The highest BCUT2D eigenvalue weighted by molar-refractivity contribution is 5.34. The largest absolute Gasteiger partial charge is 0.392 e. The smallest absolute Gasteiger partial charge is 0.101 e. The van der Waals surface area contributed by atoms with E-state index in [1.807, 2.05) is 6.07 Å². The minimum atomic E-state index is -0.0675. The average molecular weight is 148 g/mol. The lowest BCUT2D eigenvalue weighted by Crippen LogP contribution is -1.91. The third kappa shape index (κ3) is 1.54. The van der Waals surface area contributed by atoms with Crippen molar-refractivity contribution in [3.05, 3.63) is 29.1 Å². The van der Waals surface area contributed by atoms with Gasteiger partial charge in [-0.1, -0.05) is 0 Å². The fourth-order valence-corrected chi connectivity index (χ4v) is 0.776. The number of aliphatic hydroxyl groups excluding tert-OH is 1. The summed E-state index contributed by atoms with van der Waals surface area (Å²) in [4.78, 5) is 3.94. The zero-order valence-corrected chi connectivity index (χ0v) is 6.20. The van der Waals surface area contributed by atoms with Gasteiger partial charge in [-0.05, 0) is 18.6 Å². The highest BCUT2D eigenvalue weighted by atomic mass is 16.3. The molecule has 0 bridgehead atoms. The molecule has 0 saturated heterocycles. The summed E-state index contributed by atoms with van der Waals surface area (Å²) in [5, 5.41) is 17.3. The summed E-state index contributed by atoms with van der Waals surface area (Å²) in [6.07, 6.45) is 1.57. The Morgan fingerprint density at radius 3 is 3.00 bits per heavy atom. The fourth-order valence-electron chi connectivity index (χ4n) is 0.776. The lowest BCUT2D eigenvalue weighted by molar-refractivity contribution is 0.281. The molecule has 0 aromatic carbocycles. The normalized spacial score (nSPS) is 9.18. The topological polar surface area (TPSA) is 56.9 Å². The van der Waals surface area contributed by atoms with Gasteiger partial charge in [0.15, 0.2) is 0 Å². The van der Waals surface area contributed by atoms with E-state index in [4.69, 9.17) is 10.4 Å². The lowest BCUT2D eigenvalue weighted by Gasteiger charge is -1.97. The zero-order chi connectivity index (χ0) is 8.27. The summed E-state index contributed by atoms with van der Waals surface area (Å²) in [5.74, 6) is 0. The quantitative estimate of drug-likeness (QED) is 0.639. The van der Waals surface area contributed by atoms with Crippen LogP contribution in [0.15, 0.2) is 12.3 Å². The third-order valence-corrected chi connectivity index (χ3v) is 1.45. The number of pyridine rings is 1. The molecule has 3 heteroatoms. The Kier molecular flexibility index (Phi) is 2.19. The third-order valence-electron chi connectivity index (χ3n) is 1.45. The van der Waals surface area contributed by atoms with E-state index in [1.165, 1.54) is 0 Å². The van der Waals surface area contributed by atoms with E-state index in [0.717, 1.165) is 0 Å². The van der Waals surface area contributed by atoms with E-state index < -0.39 is 0 Å². The van der Waals surface area contributed by atoms with Gasteiger partial charge in [-0.3, -0.25) is 4.98 Å². The second-order valence-electron chi connectivity index (χ2n) is 2.25. The first kappa shape index (κ1) is 7.70. The van der Waals surface area contributed by atoms with Crippen LogP contribution in [-0.2, 0) is 6.61 Å². The molecular weight excluding hydrogens is 140 g/mol. The van der Waals surface area contributed by atoms with E-state index in [0.29, 0.717) is 16.8 Å². The van der Waals surface area contributed by atoms with Crippen LogP contribution in [0.1, 0.15) is 16.8 Å². The van der Waals surface area contributed by atoms with E-state index in [9.17, 15) is 0 Å². The van der Waals surface area contributed by atoms with Crippen LogP contribution in [0.5, 0.6) is 0 Å². The van der Waals surface area contributed by atoms with Crippen molar-refractivity contribution in [2.75, 3.05) is 0 Å². The van der Waals surface area contributed by atoms with Crippen LogP contribution < -0.4 is 0 Å². The number of rotatable bonds is 1. The van der Waals surface area contributed by atoms with Crippen LogP contribution >= 0.6 is 0 Å². The molecule has 0 aliphatic heterocycles. The maximum atomic E-state index is 8.70. The molecule has 56 valence electrons. The first-order valence-electron chi connectivity index (χ1n) is 3.24. The molecule has 1 N–H and O–H groups in total. The maximum Gasteiger partial charge on any atom is 0.101 e. The van der Waals surface area contributed by atoms with Gasteiger partial charge in [0.25, 0.3) is 0 Å². The molecule has 1 heterocycles. The second-order valence-corrected chi connectivity index (χ2v) is 2.25. The highest BCUT2D eigenvalue weighted by Crippen LogP contribution is 2.05. The molecule has 0 saturated carbocycles. The first-order chi connectivity index (χ1) is 5.27. The number of hydrogen-bond acceptors (Lipinski definition) is 3. The van der Waals surface area contributed by atoms with Crippen molar-refractivity contribution in [3.63, 3.8) is 0 Å². The highest BCUT2D eigenvalue weighted by Gasteiger charge is 1.98. The van der Waals surface area contributed by atoms with Crippen LogP contribution in [-0.4, -0.2) is 10.1 Å². The molecule has 0 radical (unpaired) electrons. The van der Waals surface area contributed by atoms with E-state index in [-0.39, 0.29) is 6.61 Å². The van der Waals surface area contributed by atoms with Crippen molar-refractivity contribution in [1.29, 1.82) is 5.26 Å². The van der Waals surface area contributed by atoms with Gasteiger partial charge >= 0.3 is 0 Å². The summed E-state index contributed by atoms with van der Waals surface area (Å²) in [7, 11) is 0. The monoisotopic (exact) mass is 148 g/mol. The molecule has 1 aromatic rings. The summed E-state index contributed by atoms with van der Waals surface area (Å²) in [6, 6.07) is 3.64. The van der Waals surface area contributed by atoms with Crippen molar-refractivity contribution in [1.82, 2.24) is 4.98 Å². The zero-order valence-electron chi connectivity index (χ0n) is 6.20. The van der Waals surface area contributed by atoms with Crippen LogP contribution in [0.3, 0.4) is 0 Å². The SMILES string of the molecule is Cc1ncc(CO)cc1C#N. The molecule has 11 heavy (non-hydrogen) atoms. The van der Waals surface area contributed by atoms with Crippen LogP contribution in [0.25, 0.3) is 0 Å². The Balaban J connectivity index is 3.15. The molecule has 1 rings (SSSR count). The number of aromatic nitrogens is 1. The lowest BCUT2D eigenvalue weighted by atomic mass is 10.2. The molecule has 0 atom stereocenters. The van der Waals surface area contributed by atoms with Gasteiger partial charge in [0.2, 0.25) is 0 Å². The predicted octanol–water partition coefficient (Wildman–Crippen LogP) is 0.754. The first-order valence-corrected chi connectivity index (χ1v) is 3.24. The summed E-state index contributed by atoms with van der Waals surface area (Å²) >= 11 is 0. The minimum absolute atomic E-state index is 0.0675. The number of nitriles is 1. The van der Waals surface area contributed by atoms with Gasteiger partial charge < -0.3 is 5.11 Å². The number of aryl methyl sites for hydroxylation is 1. The molecule has 3 nitrogen and oxygen atoms in total. The van der Waals surface area contributed by atoms with Gasteiger partial charge in [-0.2, -0.15) is 5.26 Å². The molecule has 0 aliphatic carbocycles. The maximum absolute atomic E-state index is 8.70. The molecule has 0 unspecified atom stereocenters. The Morgan fingerprint density at radius 2 is 2.45 bits per heavy atom. The Morgan fingerprint density at radius 1 is 1.73 bits per heavy atom. The van der Waals surface area contributed by atoms with Crippen molar-refractivity contribution in [3.8, 4) is 6.07 Å². The van der Waals surface area contributed by atoms with Crippen molar-refractivity contribution in [2.45, 2.75) is 13.5 Å². The summed E-state index contributed by atoms with van der Waals surface area (Å²) in [5.41, 5.74) is 1.90. The predicted molar refractivity (Wildman–Crippen MR) is 39.6 cm³/mol. The van der Waals surface area contributed by atoms with Crippen molar-refractivity contribution < 1.29 is 5.11 Å². The van der Waals surface area contributed by atoms with Crippen molar-refractivity contribution in [2.24, 2.45) is 0 Å². The number of aliphatic hydroxyl groups is 1. The standard InChI is InChI=1S/C8H8N2O/c1-6-8(3-9)2-7(5-11)4-10-6/h2,4,11H,5H2,1H3. The summed E-state index contributed by atoms with van der Waals surface area (Å²) in [6.45, 7) is 1.70. The molecule has 1 aromatic heterocycles. The van der Waals surface area contributed by atoms with Gasteiger partial charge in [0.1, 0.15) is 6.07 Å². The molecular formula is C8H8N2O. The van der Waals surface area contributed by atoms with Gasteiger partial charge in [0.05, 0.1) is 17.9 Å². The van der Waals surface area contributed by atoms with Gasteiger partial charge in [-0.25, -0.2) is 0 Å². The number of hydrogen-bond donors (Lipinski definition) is 1. The van der Waals surface area contributed by atoms with E-state index >= 15 is 0 Å². The van der Waals surface area contributed by atoms with E-state index in [2.05, 4.69) is 4.98 Å². The Bertz CT molecular complexity index is 301. The minimum Gasteiger partial charge on any atom is -0.392 e. The van der Waals surface area contributed by atoms with Crippen molar-refractivity contribution >= 4 is 0 Å². The van der Waals surface area contributed by atoms with Crippen LogP contribution in [0.2, 0.25) is 0 Å². The van der Waals surface area contributed by atoms with Crippen LogP contribution in [0, 0.1) is 18.3 Å². The molecule has 0 fully saturated rings. The molecule has 0 amide bonds. The molecule has 0 aliphatic rings. The van der Waals surface area contributed by atoms with Gasteiger partial charge in [0, 0.05) is 6.20 Å². The average Bonchev–Trinajstić information content (AvgIpc) is 2.05. The van der Waals surface area contributed by atoms with Gasteiger partial charge in [-0.15, -0.1) is 0 Å². The van der Waals surface area contributed by atoms with E-state index in [1.54, 1.807) is 19.2 Å². The Labute approximate surface area is 64.9 Å².